The Morgan fingerprint density at radius 2 is 2.19 bits per heavy atom. The second-order valence-corrected chi connectivity index (χ2v) is 9.84. The van der Waals surface area contributed by atoms with Crippen LogP contribution in [0.15, 0.2) is 41.2 Å². The number of halogens is 1. The number of aromatic nitrogens is 2. The van der Waals surface area contributed by atoms with Gasteiger partial charge in [0.05, 0.1) is 12.4 Å². The molecule has 4 heterocycles. The van der Waals surface area contributed by atoms with Crippen LogP contribution in [0.2, 0.25) is 0 Å². The molecule has 0 bridgehead atoms. The standard InChI is InChI=1S/C23H36N6S.HI/c1-3-25-23(28-11-8-19(2)22(17-28)29-12-9-24-18-29)26-14-20-6-4-10-27(15-20)16-21-7-5-13-30-21;/h5,7,9,12-13,18-20,22H,3-4,6,8,10-11,14-17H2,1-2H3,(H,25,26);1H. The van der Waals surface area contributed by atoms with Crippen LogP contribution in [0.1, 0.15) is 44.0 Å². The molecular weight excluding hydrogens is 519 g/mol. The lowest BCUT2D eigenvalue weighted by atomic mass is 9.93. The van der Waals surface area contributed by atoms with Gasteiger partial charge >= 0.3 is 0 Å². The number of piperidine rings is 2. The first-order valence-corrected chi connectivity index (χ1v) is 12.4. The van der Waals surface area contributed by atoms with E-state index in [0.717, 1.165) is 45.2 Å². The summed E-state index contributed by atoms with van der Waals surface area (Å²) in [5.41, 5.74) is 0. The van der Waals surface area contributed by atoms with Crippen LogP contribution >= 0.6 is 35.3 Å². The Kier molecular flexibility index (Phi) is 9.65. The molecule has 2 saturated heterocycles. The number of guanidine groups is 1. The molecule has 2 aliphatic heterocycles. The molecule has 2 aliphatic rings. The molecule has 0 aromatic carbocycles. The van der Waals surface area contributed by atoms with Crippen molar-refractivity contribution in [3.63, 3.8) is 0 Å². The average molecular weight is 557 g/mol. The van der Waals surface area contributed by atoms with Crippen LogP contribution < -0.4 is 5.32 Å². The summed E-state index contributed by atoms with van der Waals surface area (Å²) in [6.45, 7) is 11.9. The highest BCUT2D eigenvalue weighted by atomic mass is 127. The maximum absolute atomic E-state index is 5.12. The zero-order valence-corrected chi connectivity index (χ0v) is 22.0. The highest BCUT2D eigenvalue weighted by Gasteiger charge is 2.29. The van der Waals surface area contributed by atoms with Crippen molar-refractivity contribution in [1.82, 2.24) is 24.7 Å². The molecule has 0 radical (unpaired) electrons. The van der Waals surface area contributed by atoms with E-state index in [9.17, 15) is 0 Å². The van der Waals surface area contributed by atoms with Crippen molar-refractivity contribution >= 4 is 41.3 Å². The van der Waals surface area contributed by atoms with Crippen LogP contribution in [0, 0.1) is 11.8 Å². The summed E-state index contributed by atoms with van der Waals surface area (Å²) >= 11 is 1.87. The van der Waals surface area contributed by atoms with Gasteiger partial charge in [-0.25, -0.2) is 4.98 Å². The number of aliphatic imine (C=N–C) groups is 1. The number of imidazole rings is 1. The number of hydrogen-bond acceptors (Lipinski definition) is 4. The molecule has 6 nitrogen and oxygen atoms in total. The fourth-order valence-electron chi connectivity index (χ4n) is 4.80. The number of nitrogens with one attached hydrogen (secondary N) is 1. The molecule has 31 heavy (non-hydrogen) atoms. The van der Waals surface area contributed by atoms with Crippen molar-refractivity contribution in [2.24, 2.45) is 16.8 Å². The summed E-state index contributed by atoms with van der Waals surface area (Å²) in [6, 6.07) is 4.87. The van der Waals surface area contributed by atoms with Gasteiger partial charge in [0.1, 0.15) is 0 Å². The van der Waals surface area contributed by atoms with Crippen molar-refractivity contribution in [2.45, 2.75) is 45.7 Å². The Hall–Kier alpha value is -1.13. The zero-order valence-electron chi connectivity index (χ0n) is 18.8. The fraction of sp³-hybridized carbons (Fsp3) is 0.652. The van der Waals surface area contributed by atoms with E-state index in [1.165, 1.54) is 30.7 Å². The van der Waals surface area contributed by atoms with Crippen LogP contribution in [0.25, 0.3) is 0 Å². The fourth-order valence-corrected chi connectivity index (χ4v) is 5.55. The van der Waals surface area contributed by atoms with Gasteiger partial charge < -0.3 is 14.8 Å². The smallest absolute Gasteiger partial charge is 0.193 e. The van der Waals surface area contributed by atoms with E-state index in [-0.39, 0.29) is 24.0 Å². The molecule has 172 valence electrons. The van der Waals surface area contributed by atoms with Crippen LogP contribution in [-0.4, -0.2) is 64.6 Å². The second kappa shape index (κ2) is 12.2. The molecule has 0 aliphatic carbocycles. The van der Waals surface area contributed by atoms with E-state index in [2.05, 4.69) is 62.2 Å². The minimum atomic E-state index is 0. The Labute approximate surface area is 208 Å². The van der Waals surface area contributed by atoms with Crippen molar-refractivity contribution < 1.29 is 0 Å². The second-order valence-electron chi connectivity index (χ2n) is 8.81. The van der Waals surface area contributed by atoms with Gasteiger partial charge in [-0.05, 0) is 56.0 Å². The summed E-state index contributed by atoms with van der Waals surface area (Å²) in [5.74, 6) is 2.40. The number of rotatable bonds is 6. The van der Waals surface area contributed by atoms with E-state index in [4.69, 9.17) is 4.99 Å². The summed E-state index contributed by atoms with van der Waals surface area (Å²) in [4.78, 5) is 15.9. The van der Waals surface area contributed by atoms with E-state index in [0.29, 0.717) is 17.9 Å². The van der Waals surface area contributed by atoms with E-state index >= 15 is 0 Å². The van der Waals surface area contributed by atoms with Gasteiger partial charge in [0.15, 0.2) is 5.96 Å². The maximum atomic E-state index is 5.12. The third kappa shape index (κ3) is 6.68. The minimum Gasteiger partial charge on any atom is -0.357 e. The monoisotopic (exact) mass is 556 g/mol. The van der Waals surface area contributed by atoms with Gasteiger partial charge in [0.25, 0.3) is 0 Å². The predicted molar refractivity (Wildman–Crippen MR) is 140 cm³/mol. The average Bonchev–Trinajstić information content (AvgIpc) is 3.46. The number of nitrogens with zero attached hydrogens (tertiary/aromatic N) is 5. The highest BCUT2D eigenvalue weighted by molar-refractivity contribution is 14.0. The van der Waals surface area contributed by atoms with E-state index in [1.54, 1.807) is 0 Å². The summed E-state index contributed by atoms with van der Waals surface area (Å²) < 4.78 is 2.27. The molecule has 3 atom stereocenters. The van der Waals surface area contributed by atoms with Gasteiger partial charge in [-0.1, -0.05) is 13.0 Å². The molecule has 4 rings (SSSR count). The summed E-state index contributed by atoms with van der Waals surface area (Å²) in [6.07, 6.45) is 9.70. The van der Waals surface area contributed by atoms with Crippen molar-refractivity contribution in [3.05, 3.63) is 41.1 Å². The zero-order chi connectivity index (χ0) is 20.8. The molecule has 2 aromatic heterocycles. The maximum Gasteiger partial charge on any atom is 0.193 e. The molecule has 1 N–H and O–H groups in total. The molecule has 0 spiro atoms. The topological polar surface area (TPSA) is 48.7 Å². The molecule has 2 aromatic rings. The Bertz CT molecular complexity index is 778. The summed E-state index contributed by atoms with van der Waals surface area (Å²) in [5, 5.41) is 5.74. The van der Waals surface area contributed by atoms with Gasteiger partial charge in [0, 0.05) is 56.5 Å². The first-order valence-electron chi connectivity index (χ1n) is 11.5. The lowest BCUT2D eigenvalue weighted by Crippen LogP contribution is -2.49. The summed E-state index contributed by atoms with van der Waals surface area (Å²) in [7, 11) is 0. The SMILES string of the molecule is CCNC(=NCC1CCCN(Cc2cccs2)C1)N1CCC(C)C(n2ccnc2)C1.I. The largest absolute Gasteiger partial charge is 0.357 e. The van der Waals surface area contributed by atoms with Gasteiger partial charge in [-0.2, -0.15) is 0 Å². The molecule has 3 unspecified atom stereocenters. The predicted octanol–water partition coefficient (Wildman–Crippen LogP) is 4.32. The first kappa shape index (κ1) is 24.5. The normalized spacial score (nSPS) is 25.3. The van der Waals surface area contributed by atoms with E-state index < -0.39 is 0 Å². The van der Waals surface area contributed by atoms with Crippen molar-refractivity contribution in [1.29, 1.82) is 0 Å². The van der Waals surface area contributed by atoms with Gasteiger partial charge in [-0.15, -0.1) is 35.3 Å². The molecule has 8 heteroatoms. The molecule has 2 fully saturated rings. The van der Waals surface area contributed by atoms with Crippen LogP contribution in [-0.2, 0) is 6.54 Å². The van der Waals surface area contributed by atoms with Gasteiger partial charge in [0.2, 0.25) is 0 Å². The van der Waals surface area contributed by atoms with Gasteiger partial charge in [-0.3, -0.25) is 9.89 Å². The quantitative estimate of drug-likeness (QED) is 0.327. The third-order valence-corrected chi connectivity index (χ3v) is 7.38. The van der Waals surface area contributed by atoms with Crippen LogP contribution in [0.5, 0.6) is 0 Å². The first-order chi connectivity index (χ1) is 14.7. The van der Waals surface area contributed by atoms with Crippen LogP contribution in [0.3, 0.4) is 0 Å². The van der Waals surface area contributed by atoms with E-state index in [1.807, 2.05) is 23.9 Å². The molecule has 0 amide bonds. The minimum absolute atomic E-state index is 0. The Balaban J connectivity index is 0.00000272. The number of likely N-dealkylation sites (tertiary alicyclic amines) is 2. The highest BCUT2D eigenvalue weighted by Crippen LogP contribution is 2.27. The third-order valence-electron chi connectivity index (χ3n) is 6.52. The Morgan fingerprint density at radius 3 is 2.94 bits per heavy atom. The Morgan fingerprint density at radius 1 is 1.29 bits per heavy atom. The van der Waals surface area contributed by atoms with Crippen LogP contribution in [0.4, 0.5) is 0 Å². The molecule has 0 saturated carbocycles. The van der Waals surface area contributed by atoms with Crippen molar-refractivity contribution in [2.75, 3.05) is 39.3 Å². The lowest BCUT2D eigenvalue weighted by Gasteiger charge is -2.39. The molecular formula is C23H37IN6S. The number of hydrogen-bond donors (Lipinski definition) is 1. The van der Waals surface area contributed by atoms with Crippen molar-refractivity contribution in [3.8, 4) is 0 Å². The number of thiophene rings is 1. The lowest BCUT2D eigenvalue weighted by molar-refractivity contribution is 0.170.